The number of nitrogens with one attached hydrogen (secondary N) is 1. The molecule has 0 radical (unpaired) electrons. The van der Waals surface area contributed by atoms with E-state index in [4.69, 9.17) is 5.10 Å². The van der Waals surface area contributed by atoms with Crippen LogP contribution in [0.15, 0.2) is 0 Å². The zero-order valence-electron chi connectivity index (χ0n) is 14.3. The lowest BCUT2D eigenvalue weighted by atomic mass is 10.0. The second kappa shape index (κ2) is 8.46. The maximum atomic E-state index is 4.93. The Bertz CT molecular complexity index is 389. The molecule has 0 saturated carbocycles. The number of aryl methyl sites for hydroxylation is 1. The molecule has 0 aliphatic heterocycles. The van der Waals surface area contributed by atoms with Crippen molar-refractivity contribution in [1.82, 2.24) is 15.1 Å². The first-order valence-corrected chi connectivity index (χ1v) is 8.41. The van der Waals surface area contributed by atoms with Crippen LogP contribution in [0.2, 0.25) is 0 Å². The van der Waals surface area contributed by atoms with Gasteiger partial charge in [0.1, 0.15) is 0 Å². The molecular weight excluding hydrogens is 246 g/mol. The summed E-state index contributed by atoms with van der Waals surface area (Å²) in [4.78, 5) is 0. The average Bonchev–Trinajstić information content (AvgIpc) is 2.78. The van der Waals surface area contributed by atoms with Crippen molar-refractivity contribution in [3.05, 3.63) is 17.0 Å². The van der Waals surface area contributed by atoms with E-state index in [-0.39, 0.29) is 0 Å². The first-order valence-electron chi connectivity index (χ1n) is 8.41. The predicted molar refractivity (Wildman–Crippen MR) is 87.4 cm³/mol. The Kier molecular flexibility index (Phi) is 7.28. The molecule has 1 aromatic rings. The topological polar surface area (TPSA) is 29.9 Å². The fraction of sp³-hybridized carbons (Fsp3) is 0.824. The highest BCUT2D eigenvalue weighted by Crippen LogP contribution is 2.24. The molecule has 3 heteroatoms. The second-order valence-electron chi connectivity index (χ2n) is 5.85. The minimum Gasteiger partial charge on any atom is -0.314 e. The molecule has 0 atom stereocenters. The van der Waals surface area contributed by atoms with Gasteiger partial charge in [-0.2, -0.15) is 5.10 Å². The molecule has 0 fully saturated rings. The number of nitrogens with zero attached hydrogens (tertiary/aromatic N) is 2. The summed E-state index contributed by atoms with van der Waals surface area (Å²) in [6.45, 7) is 14.5. The van der Waals surface area contributed by atoms with Crippen molar-refractivity contribution < 1.29 is 0 Å². The molecule has 0 aliphatic carbocycles. The Morgan fingerprint density at radius 3 is 2.15 bits per heavy atom. The van der Waals surface area contributed by atoms with Gasteiger partial charge in [-0.3, -0.25) is 4.68 Å². The van der Waals surface area contributed by atoms with Gasteiger partial charge in [-0.15, -0.1) is 0 Å². The maximum Gasteiger partial charge on any atom is 0.0657 e. The molecule has 0 unspecified atom stereocenters. The van der Waals surface area contributed by atoms with Crippen LogP contribution in [-0.4, -0.2) is 22.4 Å². The average molecular weight is 279 g/mol. The van der Waals surface area contributed by atoms with Gasteiger partial charge in [0.2, 0.25) is 0 Å². The molecule has 116 valence electrons. The summed E-state index contributed by atoms with van der Waals surface area (Å²) < 4.78 is 2.32. The minimum absolute atomic E-state index is 0.555. The first-order chi connectivity index (χ1) is 9.58. The van der Waals surface area contributed by atoms with Crippen LogP contribution in [0.5, 0.6) is 0 Å². The summed E-state index contributed by atoms with van der Waals surface area (Å²) >= 11 is 0. The van der Waals surface area contributed by atoms with Crippen molar-refractivity contribution in [1.29, 1.82) is 0 Å². The SMILES string of the molecule is CCc1nn(C(CC)CC)c(CC)c1CCNC(C)C. The van der Waals surface area contributed by atoms with E-state index in [1.54, 1.807) is 0 Å². The monoisotopic (exact) mass is 279 g/mol. The summed E-state index contributed by atoms with van der Waals surface area (Å²) in [7, 11) is 0. The lowest BCUT2D eigenvalue weighted by molar-refractivity contribution is 0.412. The molecule has 0 aromatic carbocycles. The van der Waals surface area contributed by atoms with E-state index in [1.807, 2.05) is 0 Å². The van der Waals surface area contributed by atoms with Gasteiger partial charge in [0, 0.05) is 11.7 Å². The van der Waals surface area contributed by atoms with Crippen LogP contribution in [0.3, 0.4) is 0 Å². The van der Waals surface area contributed by atoms with E-state index in [0.29, 0.717) is 12.1 Å². The molecule has 0 spiro atoms. The summed E-state index contributed by atoms with van der Waals surface area (Å²) in [5.41, 5.74) is 4.26. The Balaban J connectivity index is 3.01. The zero-order valence-corrected chi connectivity index (χ0v) is 14.3. The van der Waals surface area contributed by atoms with Crippen molar-refractivity contribution in [3.63, 3.8) is 0 Å². The standard InChI is InChI=1S/C17H33N3/c1-7-14(8-2)20-17(10-4)15(16(9-3)19-20)11-12-18-13(5)6/h13-14,18H,7-12H2,1-6H3. The van der Waals surface area contributed by atoms with Crippen LogP contribution < -0.4 is 5.32 Å². The molecule has 1 heterocycles. The van der Waals surface area contributed by atoms with Crippen molar-refractivity contribution in [2.75, 3.05) is 6.54 Å². The van der Waals surface area contributed by atoms with Gasteiger partial charge in [0.25, 0.3) is 0 Å². The largest absolute Gasteiger partial charge is 0.314 e. The van der Waals surface area contributed by atoms with Crippen LogP contribution in [0.4, 0.5) is 0 Å². The molecule has 0 saturated heterocycles. The minimum atomic E-state index is 0.555. The van der Waals surface area contributed by atoms with Crippen molar-refractivity contribution >= 4 is 0 Å². The van der Waals surface area contributed by atoms with E-state index in [2.05, 4.69) is 51.5 Å². The summed E-state index contributed by atoms with van der Waals surface area (Å²) in [6, 6.07) is 1.11. The van der Waals surface area contributed by atoms with Gasteiger partial charge in [-0.1, -0.05) is 41.5 Å². The molecule has 0 amide bonds. The second-order valence-corrected chi connectivity index (χ2v) is 5.85. The van der Waals surface area contributed by atoms with E-state index in [9.17, 15) is 0 Å². The number of rotatable bonds is 9. The van der Waals surface area contributed by atoms with Crippen molar-refractivity contribution in [3.8, 4) is 0 Å². The smallest absolute Gasteiger partial charge is 0.0657 e. The molecule has 1 N–H and O–H groups in total. The highest BCUT2D eigenvalue weighted by molar-refractivity contribution is 5.27. The first kappa shape index (κ1) is 17.2. The maximum absolute atomic E-state index is 4.93. The third kappa shape index (κ3) is 4.08. The van der Waals surface area contributed by atoms with Crippen molar-refractivity contribution in [2.24, 2.45) is 0 Å². The van der Waals surface area contributed by atoms with Gasteiger partial charge < -0.3 is 5.32 Å². The highest BCUT2D eigenvalue weighted by Gasteiger charge is 2.19. The Labute approximate surface area is 125 Å². The fourth-order valence-corrected chi connectivity index (χ4v) is 2.93. The molecule has 0 aliphatic rings. The number of hydrogen-bond acceptors (Lipinski definition) is 2. The number of aromatic nitrogens is 2. The van der Waals surface area contributed by atoms with E-state index >= 15 is 0 Å². The lowest BCUT2D eigenvalue weighted by Crippen LogP contribution is -2.25. The molecular formula is C17H33N3. The Hall–Kier alpha value is -0.830. The van der Waals surface area contributed by atoms with E-state index in [1.165, 1.54) is 17.0 Å². The fourth-order valence-electron chi connectivity index (χ4n) is 2.93. The van der Waals surface area contributed by atoms with Crippen LogP contribution in [0, 0.1) is 0 Å². The third-order valence-corrected chi connectivity index (χ3v) is 4.09. The third-order valence-electron chi connectivity index (χ3n) is 4.09. The van der Waals surface area contributed by atoms with Gasteiger partial charge >= 0.3 is 0 Å². The Morgan fingerprint density at radius 1 is 1.05 bits per heavy atom. The van der Waals surface area contributed by atoms with Crippen LogP contribution >= 0.6 is 0 Å². The molecule has 20 heavy (non-hydrogen) atoms. The zero-order chi connectivity index (χ0) is 15.1. The molecule has 0 bridgehead atoms. The normalized spacial score (nSPS) is 11.8. The van der Waals surface area contributed by atoms with E-state index in [0.717, 1.165) is 38.6 Å². The number of hydrogen-bond donors (Lipinski definition) is 1. The Morgan fingerprint density at radius 2 is 1.70 bits per heavy atom. The van der Waals surface area contributed by atoms with Crippen LogP contribution in [0.25, 0.3) is 0 Å². The quantitative estimate of drug-likeness (QED) is 0.743. The highest BCUT2D eigenvalue weighted by atomic mass is 15.3. The summed E-state index contributed by atoms with van der Waals surface area (Å²) in [6.07, 6.45) is 5.55. The van der Waals surface area contributed by atoms with E-state index < -0.39 is 0 Å². The van der Waals surface area contributed by atoms with Crippen LogP contribution in [0.1, 0.15) is 77.4 Å². The molecule has 3 nitrogen and oxygen atoms in total. The molecule has 1 rings (SSSR count). The van der Waals surface area contributed by atoms with Gasteiger partial charge in [0.05, 0.1) is 11.7 Å². The molecule has 1 aromatic heterocycles. The van der Waals surface area contributed by atoms with Gasteiger partial charge in [-0.05, 0) is 44.2 Å². The lowest BCUT2D eigenvalue weighted by Gasteiger charge is -2.17. The summed E-state index contributed by atoms with van der Waals surface area (Å²) in [5.74, 6) is 0. The van der Waals surface area contributed by atoms with Crippen LogP contribution in [-0.2, 0) is 19.3 Å². The predicted octanol–water partition coefficient (Wildman–Crippen LogP) is 3.91. The van der Waals surface area contributed by atoms with Gasteiger partial charge in [0.15, 0.2) is 0 Å². The van der Waals surface area contributed by atoms with Gasteiger partial charge in [-0.25, -0.2) is 0 Å². The van der Waals surface area contributed by atoms with Crippen molar-refractivity contribution in [2.45, 2.75) is 85.7 Å². The summed E-state index contributed by atoms with van der Waals surface area (Å²) in [5, 5.41) is 8.45.